The van der Waals surface area contributed by atoms with Gasteiger partial charge in [-0.25, -0.2) is 0 Å². The Labute approximate surface area is 94.7 Å². The molecule has 2 nitrogen and oxygen atoms in total. The van der Waals surface area contributed by atoms with Crippen LogP contribution in [0.3, 0.4) is 0 Å². The van der Waals surface area contributed by atoms with E-state index in [0.29, 0.717) is 0 Å². The molecular formula is C13H26N2. The van der Waals surface area contributed by atoms with Crippen molar-refractivity contribution in [3.05, 3.63) is 12.7 Å². The Balaban J connectivity index is 2.16. The molecule has 15 heavy (non-hydrogen) atoms. The normalized spacial score (nSPS) is 18.3. The molecule has 0 aliphatic carbocycles. The Kier molecular flexibility index (Phi) is 6.69. The molecule has 1 heterocycles. The fraction of sp³-hybridized carbons (Fsp3) is 0.846. The van der Waals surface area contributed by atoms with Crippen molar-refractivity contribution in [2.75, 3.05) is 32.7 Å². The predicted octanol–water partition coefficient (Wildman–Crippen LogP) is 2.27. The molecule has 0 aromatic rings. The highest BCUT2D eigenvalue weighted by Gasteiger charge is 2.13. The summed E-state index contributed by atoms with van der Waals surface area (Å²) < 4.78 is 0. The van der Waals surface area contributed by atoms with Gasteiger partial charge in [-0.15, -0.1) is 6.58 Å². The van der Waals surface area contributed by atoms with Gasteiger partial charge in [-0.3, -0.25) is 4.90 Å². The lowest BCUT2D eigenvalue weighted by atomic mass is 9.94. The monoisotopic (exact) mass is 210 g/mol. The lowest BCUT2D eigenvalue weighted by molar-refractivity contribution is 0.253. The van der Waals surface area contributed by atoms with Crippen LogP contribution in [-0.2, 0) is 0 Å². The van der Waals surface area contributed by atoms with Crippen molar-refractivity contribution < 1.29 is 0 Å². The Hall–Kier alpha value is -0.340. The maximum Gasteiger partial charge on any atom is 0.0160 e. The quantitative estimate of drug-likeness (QED) is 0.649. The lowest BCUT2D eigenvalue weighted by Crippen LogP contribution is -2.32. The van der Waals surface area contributed by atoms with Crippen molar-refractivity contribution in [2.24, 2.45) is 5.92 Å². The average Bonchev–Trinajstić information content (AvgIpc) is 2.28. The molecule has 1 aliphatic heterocycles. The summed E-state index contributed by atoms with van der Waals surface area (Å²) >= 11 is 0. The van der Waals surface area contributed by atoms with E-state index in [1.54, 1.807) is 0 Å². The third kappa shape index (κ3) is 5.33. The molecule has 1 saturated heterocycles. The molecule has 0 amide bonds. The van der Waals surface area contributed by atoms with Gasteiger partial charge >= 0.3 is 0 Å². The van der Waals surface area contributed by atoms with Gasteiger partial charge in [-0.2, -0.15) is 0 Å². The van der Waals surface area contributed by atoms with Crippen LogP contribution in [0.2, 0.25) is 0 Å². The van der Waals surface area contributed by atoms with Gasteiger partial charge in [0.25, 0.3) is 0 Å². The molecule has 1 rings (SSSR count). The molecule has 1 fully saturated rings. The van der Waals surface area contributed by atoms with E-state index in [0.717, 1.165) is 12.5 Å². The predicted molar refractivity (Wildman–Crippen MR) is 67.1 cm³/mol. The summed E-state index contributed by atoms with van der Waals surface area (Å²) in [6.45, 7) is 12.0. The first-order valence-corrected chi connectivity index (χ1v) is 6.40. The van der Waals surface area contributed by atoms with Crippen LogP contribution in [0.1, 0.15) is 32.6 Å². The highest BCUT2D eigenvalue weighted by Crippen LogP contribution is 2.16. The minimum atomic E-state index is 0.954. The van der Waals surface area contributed by atoms with E-state index in [1.807, 2.05) is 6.08 Å². The average molecular weight is 210 g/mol. The van der Waals surface area contributed by atoms with Crippen molar-refractivity contribution >= 4 is 0 Å². The van der Waals surface area contributed by atoms with Crippen LogP contribution in [0.25, 0.3) is 0 Å². The molecule has 0 aromatic heterocycles. The van der Waals surface area contributed by atoms with E-state index in [9.17, 15) is 0 Å². The summed E-state index contributed by atoms with van der Waals surface area (Å²) in [5.74, 6) is 0.954. The number of hydrogen-bond donors (Lipinski definition) is 1. The number of piperidine rings is 1. The molecule has 0 radical (unpaired) electrons. The minimum absolute atomic E-state index is 0.954. The molecule has 1 aliphatic rings. The van der Waals surface area contributed by atoms with Crippen molar-refractivity contribution in [1.29, 1.82) is 0 Å². The van der Waals surface area contributed by atoms with Crippen LogP contribution in [-0.4, -0.2) is 37.6 Å². The number of rotatable bonds is 7. The fourth-order valence-electron chi connectivity index (χ4n) is 2.33. The molecule has 0 unspecified atom stereocenters. The molecular weight excluding hydrogens is 184 g/mol. The van der Waals surface area contributed by atoms with Gasteiger partial charge in [-0.05, 0) is 57.8 Å². The van der Waals surface area contributed by atoms with Crippen LogP contribution >= 0.6 is 0 Å². The Morgan fingerprint density at radius 3 is 2.67 bits per heavy atom. The first kappa shape index (κ1) is 12.7. The molecule has 0 bridgehead atoms. The van der Waals surface area contributed by atoms with Crippen LogP contribution in [0.15, 0.2) is 12.7 Å². The highest BCUT2D eigenvalue weighted by atomic mass is 15.1. The molecule has 0 saturated carbocycles. The summed E-state index contributed by atoms with van der Waals surface area (Å²) in [4.78, 5) is 2.52. The second-order valence-corrected chi connectivity index (χ2v) is 4.57. The van der Waals surface area contributed by atoms with Crippen LogP contribution in [0.5, 0.6) is 0 Å². The molecule has 1 N–H and O–H groups in total. The zero-order valence-electron chi connectivity index (χ0n) is 10.2. The summed E-state index contributed by atoms with van der Waals surface area (Å²) in [7, 11) is 0. The van der Waals surface area contributed by atoms with Gasteiger partial charge in [0.05, 0.1) is 0 Å². The van der Waals surface area contributed by atoms with Crippen LogP contribution in [0, 0.1) is 5.92 Å². The zero-order valence-corrected chi connectivity index (χ0v) is 10.2. The second kappa shape index (κ2) is 7.89. The van der Waals surface area contributed by atoms with Crippen molar-refractivity contribution in [3.63, 3.8) is 0 Å². The van der Waals surface area contributed by atoms with E-state index < -0.39 is 0 Å². The highest BCUT2D eigenvalue weighted by molar-refractivity contribution is 4.75. The van der Waals surface area contributed by atoms with Crippen LogP contribution in [0.4, 0.5) is 0 Å². The smallest absolute Gasteiger partial charge is 0.0160 e. The topological polar surface area (TPSA) is 15.3 Å². The lowest BCUT2D eigenvalue weighted by Gasteiger charge is -2.26. The first-order valence-electron chi connectivity index (χ1n) is 6.40. The summed E-state index contributed by atoms with van der Waals surface area (Å²) in [5.41, 5.74) is 0. The first-order chi connectivity index (χ1) is 7.36. The molecule has 0 atom stereocenters. The minimum Gasteiger partial charge on any atom is -0.317 e. The van der Waals surface area contributed by atoms with E-state index in [1.165, 1.54) is 51.9 Å². The van der Waals surface area contributed by atoms with Gasteiger partial charge in [0.15, 0.2) is 0 Å². The van der Waals surface area contributed by atoms with E-state index in [-0.39, 0.29) is 0 Å². The van der Waals surface area contributed by atoms with Gasteiger partial charge < -0.3 is 5.32 Å². The Morgan fingerprint density at radius 2 is 2.07 bits per heavy atom. The van der Waals surface area contributed by atoms with E-state index in [4.69, 9.17) is 0 Å². The zero-order chi connectivity index (χ0) is 10.9. The number of nitrogens with one attached hydrogen (secondary N) is 1. The van der Waals surface area contributed by atoms with Gasteiger partial charge in [0, 0.05) is 6.54 Å². The number of hydrogen-bond acceptors (Lipinski definition) is 2. The molecule has 0 aromatic carbocycles. The van der Waals surface area contributed by atoms with Gasteiger partial charge in [0.1, 0.15) is 0 Å². The van der Waals surface area contributed by atoms with Crippen LogP contribution < -0.4 is 5.32 Å². The molecule has 2 heteroatoms. The van der Waals surface area contributed by atoms with E-state index >= 15 is 0 Å². The fourth-order valence-corrected chi connectivity index (χ4v) is 2.33. The third-order valence-electron chi connectivity index (χ3n) is 3.24. The third-order valence-corrected chi connectivity index (χ3v) is 3.24. The second-order valence-electron chi connectivity index (χ2n) is 4.57. The van der Waals surface area contributed by atoms with Crippen molar-refractivity contribution in [3.8, 4) is 0 Å². The standard InChI is InChI=1S/C13H26N2/c1-3-10-15(11-4-2)12-7-13-5-8-14-9-6-13/h3,13-14H,1,4-12H2,2H3. The summed E-state index contributed by atoms with van der Waals surface area (Å²) in [6, 6.07) is 0. The maximum atomic E-state index is 3.83. The SMILES string of the molecule is C=CCN(CCC)CCC1CCNCC1. The maximum absolute atomic E-state index is 3.83. The molecule has 88 valence electrons. The Bertz CT molecular complexity index is 162. The summed E-state index contributed by atoms with van der Waals surface area (Å²) in [5, 5.41) is 3.42. The largest absolute Gasteiger partial charge is 0.317 e. The van der Waals surface area contributed by atoms with Crippen molar-refractivity contribution in [1.82, 2.24) is 10.2 Å². The van der Waals surface area contributed by atoms with Gasteiger partial charge in [0.2, 0.25) is 0 Å². The van der Waals surface area contributed by atoms with Gasteiger partial charge in [-0.1, -0.05) is 13.0 Å². The van der Waals surface area contributed by atoms with Crippen molar-refractivity contribution in [2.45, 2.75) is 32.6 Å². The Morgan fingerprint density at radius 1 is 1.33 bits per heavy atom. The summed E-state index contributed by atoms with van der Waals surface area (Å²) in [6.07, 6.45) is 7.38. The van der Waals surface area contributed by atoms with E-state index in [2.05, 4.69) is 23.7 Å². The molecule has 0 spiro atoms. The number of nitrogens with zero attached hydrogens (tertiary/aromatic N) is 1.